The summed E-state index contributed by atoms with van der Waals surface area (Å²) in [6.07, 6.45) is 1.70. The number of esters is 1. The lowest BCUT2D eigenvalue weighted by Gasteiger charge is -2.13. The van der Waals surface area contributed by atoms with Crippen LogP contribution in [0.15, 0.2) is 12.3 Å². The minimum Gasteiger partial charge on any atom is -0.461 e. The Hall–Kier alpha value is -2.24. The molecular formula is C13H18N4O2. The van der Waals surface area contributed by atoms with Gasteiger partial charge in [-0.25, -0.2) is 9.78 Å². The minimum absolute atomic E-state index is 0.313. The summed E-state index contributed by atoms with van der Waals surface area (Å²) in [4.78, 5) is 18.2. The molecule has 0 aliphatic carbocycles. The number of pyridine rings is 1. The number of anilines is 2. The smallest absolute Gasteiger partial charge is 0.357 e. The molecule has 6 nitrogen and oxygen atoms in total. The number of ether oxygens (including phenoxy) is 1. The maximum atomic E-state index is 12.0. The zero-order chi connectivity index (χ0) is 14.2. The van der Waals surface area contributed by atoms with Crippen LogP contribution in [0.3, 0.4) is 0 Å². The maximum absolute atomic E-state index is 12.0. The molecule has 0 bridgehead atoms. The minimum atomic E-state index is -0.426. The van der Waals surface area contributed by atoms with E-state index in [2.05, 4.69) is 4.98 Å². The number of hydrogen-bond donors (Lipinski definition) is 1. The van der Waals surface area contributed by atoms with E-state index < -0.39 is 5.97 Å². The van der Waals surface area contributed by atoms with Gasteiger partial charge in [-0.2, -0.15) is 0 Å². The number of rotatable bonds is 3. The number of fused-ring (bicyclic) bond motifs is 1. The van der Waals surface area contributed by atoms with Crippen molar-refractivity contribution < 1.29 is 9.53 Å². The van der Waals surface area contributed by atoms with Crippen LogP contribution in [0.5, 0.6) is 0 Å². The Labute approximate surface area is 111 Å². The molecule has 2 heterocycles. The lowest BCUT2D eigenvalue weighted by molar-refractivity contribution is 0.0517. The molecule has 2 aromatic rings. The summed E-state index contributed by atoms with van der Waals surface area (Å²) in [5.74, 6) is -0.426. The second kappa shape index (κ2) is 4.79. The van der Waals surface area contributed by atoms with Gasteiger partial charge in [-0.15, -0.1) is 0 Å². The molecule has 0 aliphatic rings. The molecule has 0 atom stereocenters. The third-order valence-corrected chi connectivity index (χ3v) is 3.04. The first kappa shape index (κ1) is 13.2. The highest BCUT2D eigenvalue weighted by Gasteiger charge is 2.23. The van der Waals surface area contributed by atoms with Crippen LogP contribution in [0.1, 0.15) is 17.4 Å². The summed E-state index contributed by atoms with van der Waals surface area (Å²) in [5.41, 5.74) is 8.47. The van der Waals surface area contributed by atoms with Crippen molar-refractivity contribution in [2.45, 2.75) is 6.92 Å². The highest BCUT2D eigenvalue weighted by atomic mass is 16.5. The molecule has 2 aromatic heterocycles. The average molecular weight is 262 g/mol. The quantitative estimate of drug-likeness (QED) is 0.846. The molecule has 2 N–H and O–H groups in total. The number of nitrogens with two attached hydrogens (primary N) is 1. The van der Waals surface area contributed by atoms with Crippen LogP contribution >= 0.6 is 0 Å². The molecule has 19 heavy (non-hydrogen) atoms. The van der Waals surface area contributed by atoms with Crippen LogP contribution < -0.4 is 10.6 Å². The standard InChI is InChI=1S/C13H18N4O2/c1-5-19-13(18)11-10(14)9-8(16(2)3)6-7-15-12(9)17(11)4/h6-7H,5,14H2,1-4H3. The number of nitrogen functional groups attached to an aromatic ring is 1. The van der Waals surface area contributed by atoms with E-state index in [0.717, 1.165) is 11.1 Å². The van der Waals surface area contributed by atoms with E-state index in [1.165, 1.54) is 0 Å². The SMILES string of the molecule is CCOC(=O)c1c(N)c2c(N(C)C)ccnc2n1C. The number of aromatic nitrogens is 2. The fourth-order valence-corrected chi connectivity index (χ4v) is 2.18. The second-order valence-corrected chi connectivity index (χ2v) is 4.46. The van der Waals surface area contributed by atoms with Crippen molar-refractivity contribution in [2.24, 2.45) is 7.05 Å². The second-order valence-electron chi connectivity index (χ2n) is 4.46. The lowest BCUT2D eigenvalue weighted by atomic mass is 10.2. The summed E-state index contributed by atoms with van der Waals surface area (Å²) in [6.45, 7) is 2.08. The molecule has 0 radical (unpaired) electrons. The van der Waals surface area contributed by atoms with Crippen LogP contribution in [0.25, 0.3) is 11.0 Å². The Morgan fingerprint density at radius 1 is 1.53 bits per heavy atom. The molecule has 0 amide bonds. The molecule has 0 spiro atoms. The molecule has 0 aliphatic heterocycles. The number of aryl methyl sites for hydroxylation is 1. The van der Waals surface area contributed by atoms with Gasteiger partial charge in [-0.05, 0) is 13.0 Å². The molecule has 0 saturated carbocycles. The van der Waals surface area contributed by atoms with Crippen LogP contribution in [0.2, 0.25) is 0 Å². The fraction of sp³-hybridized carbons (Fsp3) is 0.385. The molecule has 2 rings (SSSR count). The molecule has 0 fully saturated rings. The number of nitrogens with zero attached hydrogens (tertiary/aromatic N) is 3. The first-order valence-electron chi connectivity index (χ1n) is 6.06. The van der Waals surface area contributed by atoms with E-state index >= 15 is 0 Å². The van der Waals surface area contributed by atoms with Gasteiger partial charge in [0.1, 0.15) is 5.65 Å². The summed E-state index contributed by atoms with van der Waals surface area (Å²) < 4.78 is 6.71. The highest BCUT2D eigenvalue weighted by molar-refractivity contribution is 6.09. The summed E-state index contributed by atoms with van der Waals surface area (Å²) in [5, 5.41) is 0.776. The van der Waals surface area contributed by atoms with E-state index in [1.54, 1.807) is 24.7 Å². The number of carbonyl (C=O) groups is 1. The molecular weight excluding hydrogens is 244 g/mol. The van der Waals surface area contributed by atoms with Crippen LogP contribution in [0.4, 0.5) is 11.4 Å². The lowest BCUT2D eigenvalue weighted by Crippen LogP contribution is -2.12. The first-order chi connectivity index (χ1) is 8.99. The van der Waals surface area contributed by atoms with Gasteiger partial charge in [0, 0.05) is 27.3 Å². The van der Waals surface area contributed by atoms with Crippen molar-refractivity contribution in [1.82, 2.24) is 9.55 Å². The molecule has 6 heteroatoms. The zero-order valence-electron chi connectivity index (χ0n) is 11.6. The van der Waals surface area contributed by atoms with Crippen LogP contribution in [-0.4, -0.2) is 36.2 Å². The van der Waals surface area contributed by atoms with E-state index in [0.29, 0.717) is 23.6 Å². The highest BCUT2D eigenvalue weighted by Crippen LogP contribution is 2.33. The van der Waals surface area contributed by atoms with Gasteiger partial charge in [0.05, 0.1) is 23.4 Å². The topological polar surface area (TPSA) is 73.4 Å². The van der Waals surface area contributed by atoms with Crippen molar-refractivity contribution >= 4 is 28.4 Å². The first-order valence-corrected chi connectivity index (χ1v) is 6.06. The molecule has 0 saturated heterocycles. The average Bonchev–Trinajstić information content (AvgIpc) is 2.62. The van der Waals surface area contributed by atoms with Crippen LogP contribution in [0, 0.1) is 0 Å². The molecule has 0 aromatic carbocycles. The Balaban J connectivity index is 2.75. The molecule has 102 valence electrons. The Bertz CT molecular complexity index is 631. The van der Waals surface area contributed by atoms with Crippen molar-refractivity contribution in [1.29, 1.82) is 0 Å². The van der Waals surface area contributed by atoms with Crippen molar-refractivity contribution in [3.63, 3.8) is 0 Å². The number of hydrogen-bond acceptors (Lipinski definition) is 5. The van der Waals surface area contributed by atoms with Gasteiger partial charge < -0.3 is 19.9 Å². The van der Waals surface area contributed by atoms with Crippen LogP contribution in [-0.2, 0) is 11.8 Å². The van der Waals surface area contributed by atoms with Gasteiger partial charge in [0.2, 0.25) is 0 Å². The van der Waals surface area contributed by atoms with Gasteiger partial charge in [-0.3, -0.25) is 0 Å². The summed E-state index contributed by atoms with van der Waals surface area (Å²) >= 11 is 0. The predicted molar refractivity (Wildman–Crippen MR) is 75.4 cm³/mol. The van der Waals surface area contributed by atoms with Crippen molar-refractivity contribution in [3.8, 4) is 0 Å². The summed E-state index contributed by atoms with van der Waals surface area (Å²) in [7, 11) is 5.61. The van der Waals surface area contributed by atoms with Gasteiger partial charge in [0.25, 0.3) is 0 Å². The Morgan fingerprint density at radius 3 is 2.79 bits per heavy atom. The van der Waals surface area contributed by atoms with E-state index in [-0.39, 0.29) is 0 Å². The fourth-order valence-electron chi connectivity index (χ4n) is 2.18. The van der Waals surface area contributed by atoms with Crippen molar-refractivity contribution in [3.05, 3.63) is 18.0 Å². The van der Waals surface area contributed by atoms with Gasteiger partial charge in [0.15, 0.2) is 5.69 Å². The largest absolute Gasteiger partial charge is 0.461 e. The Morgan fingerprint density at radius 2 is 2.21 bits per heavy atom. The van der Waals surface area contributed by atoms with Gasteiger partial charge in [-0.1, -0.05) is 0 Å². The van der Waals surface area contributed by atoms with E-state index in [4.69, 9.17) is 10.5 Å². The Kier molecular flexibility index (Phi) is 3.33. The predicted octanol–water partition coefficient (Wildman–Crippen LogP) is 1.40. The third kappa shape index (κ3) is 1.99. The van der Waals surface area contributed by atoms with E-state index in [1.807, 2.05) is 25.1 Å². The zero-order valence-corrected chi connectivity index (χ0v) is 11.6. The maximum Gasteiger partial charge on any atom is 0.357 e. The molecule has 0 unspecified atom stereocenters. The third-order valence-electron chi connectivity index (χ3n) is 3.04. The monoisotopic (exact) mass is 262 g/mol. The summed E-state index contributed by atoms with van der Waals surface area (Å²) in [6, 6.07) is 1.87. The normalized spacial score (nSPS) is 10.7. The van der Waals surface area contributed by atoms with Crippen molar-refractivity contribution in [2.75, 3.05) is 31.3 Å². The van der Waals surface area contributed by atoms with Gasteiger partial charge >= 0.3 is 5.97 Å². The number of carbonyl (C=O) groups excluding carboxylic acids is 1. The van der Waals surface area contributed by atoms with E-state index in [9.17, 15) is 4.79 Å².